The van der Waals surface area contributed by atoms with Gasteiger partial charge in [-0.1, -0.05) is 0 Å². The lowest BCUT2D eigenvalue weighted by molar-refractivity contribution is 0.446. The van der Waals surface area contributed by atoms with Crippen molar-refractivity contribution in [1.82, 2.24) is 15.4 Å². The molecule has 0 saturated carbocycles. The summed E-state index contributed by atoms with van der Waals surface area (Å²) in [5.74, 6) is 1.37. The zero-order valence-corrected chi connectivity index (χ0v) is 16.5. The van der Waals surface area contributed by atoms with Gasteiger partial charge in [-0.25, -0.2) is 18.1 Å². The minimum absolute atomic E-state index is 0. The second-order valence-corrected chi connectivity index (χ2v) is 7.13. The van der Waals surface area contributed by atoms with E-state index in [0.717, 1.165) is 12.0 Å². The van der Waals surface area contributed by atoms with E-state index in [0.29, 0.717) is 25.6 Å². The van der Waals surface area contributed by atoms with Gasteiger partial charge in [0.1, 0.15) is 12.3 Å². The normalized spacial score (nSPS) is 12.6. The van der Waals surface area contributed by atoms with Crippen molar-refractivity contribution < 1.29 is 12.8 Å². The highest BCUT2D eigenvalue weighted by Crippen LogP contribution is 2.03. The van der Waals surface area contributed by atoms with Crippen LogP contribution >= 0.6 is 24.0 Å². The molecule has 0 saturated heterocycles. The topological polar surface area (TPSA) is 95.7 Å². The minimum atomic E-state index is -3.26. The number of nitrogens with zero attached hydrogens (tertiary/aromatic N) is 1. The molecule has 0 radical (unpaired) electrons. The Labute approximate surface area is 149 Å². The number of nitrogens with one attached hydrogen (secondary N) is 3. The van der Waals surface area contributed by atoms with Gasteiger partial charge >= 0.3 is 0 Å². The third-order valence-corrected chi connectivity index (χ3v) is 3.40. The van der Waals surface area contributed by atoms with Crippen LogP contribution in [0.5, 0.6) is 0 Å². The van der Waals surface area contributed by atoms with Crippen molar-refractivity contribution in [2.45, 2.75) is 32.9 Å². The molecule has 0 aliphatic rings. The number of furan rings is 1. The molecule has 0 spiro atoms. The third kappa shape index (κ3) is 9.26. The Morgan fingerprint density at radius 3 is 2.55 bits per heavy atom. The highest BCUT2D eigenvalue weighted by molar-refractivity contribution is 14.0. The molecule has 0 amide bonds. The molecule has 128 valence electrons. The smallest absolute Gasteiger partial charge is 0.209 e. The molecule has 9 heteroatoms. The molecule has 3 N–H and O–H groups in total. The van der Waals surface area contributed by atoms with Gasteiger partial charge in [-0.2, -0.15) is 0 Å². The lowest BCUT2D eigenvalue weighted by Crippen LogP contribution is -2.53. The van der Waals surface area contributed by atoms with Crippen LogP contribution in [-0.2, 0) is 16.6 Å². The molecule has 7 nitrogen and oxygen atoms in total. The summed E-state index contributed by atoms with van der Waals surface area (Å²) >= 11 is 0. The molecule has 0 aromatic carbocycles. The fourth-order valence-corrected chi connectivity index (χ4v) is 2.82. The molecule has 0 bridgehead atoms. The molecule has 0 unspecified atom stereocenters. The molecule has 0 aliphatic carbocycles. The summed E-state index contributed by atoms with van der Waals surface area (Å²) in [6.45, 7) is 7.11. The quantitative estimate of drug-likeness (QED) is 0.335. The largest absolute Gasteiger partial charge is 0.467 e. The van der Waals surface area contributed by atoms with Crippen molar-refractivity contribution in [2.75, 3.05) is 19.3 Å². The SMILES string of the molecule is CCNC(=NCc1ccco1)NCC(C)(C)NS(C)(=O)=O.I. The number of hydrogen-bond donors (Lipinski definition) is 3. The van der Waals surface area contributed by atoms with E-state index >= 15 is 0 Å². The standard InChI is InChI=1S/C13H24N4O3S.HI/c1-5-14-12(15-9-11-7-6-8-20-11)16-10-13(2,3)17-21(4,18)19;/h6-8,17H,5,9-10H2,1-4H3,(H2,14,15,16);1H. The third-order valence-electron chi connectivity index (χ3n) is 2.48. The average molecular weight is 444 g/mol. The fourth-order valence-electron chi connectivity index (χ4n) is 1.74. The van der Waals surface area contributed by atoms with Crippen molar-refractivity contribution in [1.29, 1.82) is 0 Å². The number of aliphatic imine (C=N–C) groups is 1. The second kappa shape index (κ2) is 9.36. The van der Waals surface area contributed by atoms with E-state index in [1.807, 2.05) is 19.1 Å². The van der Waals surface area contributed by atoms with E-state index in [2.05, 4.69) is 20.3 Å². The number of guanidine groups is 1. The summed E-state index contributed by atoms with van der Waals surface area (Å²) < 4.78 is 30.4. The Morgan fingerprint density at radius 2 is 2.05 bits per heavy atom. The van der Waals surface area contributed by atoms with Crippen molar-refractivity contribution in [3.05, 3.63) is 24.2 Å². The molecule has 1 aromatic heterocycles. The van der Waals surface area contributed by atoms with E-state index in [4.69, 9.17) is 4.42 Å². The van der Waals surface area contributed by atoms with Crippen molar-refractivity contribution >= 4 is 40.0 Å². The van der Waals surface area contributed by atoms with Crippen LogP contribution in [0.1, 0.15) is 26.5 Å². The first kappa shape index (κ1) is 21.2. The molecular formula is C13H25IN4O3S. The van der Waals surface area contributed by atoms with Gasteiger partial charge in [0.2, 0.25) is 10.0 Å². The van der Waals surface area contributed by atoms with Gasteiger partial charge in [0, 0.05) is 18.6 Å². The highest BCUT2D eigenvalue weighted by atomic mass is 127. The predicted molar refractivity (Wildman–Crippen MR) is 99.0 cm³/mol. The minimum Gasteiger partial charge on any atom is -0.467 e. The van der Waals surface area contributed by atoms with Crippen molar-refractivity contribution in [3.8, 4) is 0 Å². The number of sulfonamides is 1. The van der Waals surface area contributed by atoms with E-state index < -0.39 is 15.6 Å². The molecule has 1 aromatic rings. The van der Waals surface area contributed by atoms with Gasteiger partial charge < -0.3 is 15.1 Å². The van der Waals surface area contributed by atoms with Crippen LogP contribution in [0.15, 0.2) is 27.8 Å². The summed E-state index contributed by atoms with van der Waals surface area (Å²) in [5, 5.41) is 6.22. The predicted octanol–water partition coefficient (Wildman–Crippen LogP) is 1.28. The van der Waals surface area contributed by atoms with Crippen molar-refractivity contribution in [2.24, 2.45) is 4.99 Å². The van der Waals surface area contributed by atoms with Crippen LogP contribution in [0.4, 0.5) is 0 Å². The molecular weight excluding hydrogens is 419 g/mol. The van der Waals surface area contributed by atoms with Gasteiger partial charge in [0.25, 0.3) is 0 Å². The molecule has 1 rings (SSSR count). The summed E-state index contributed by atoms with van der Waals surface area (Å²) in [5.41, 5.74) is -0.617. The van der Waals surface area contributed by atoms with E-state index in [1.165, 1.54) is 0 Å². The van der Waals surface area contributed by atoms with E-state index in [9.17, 15) is 8.42 Å². The summed E-state index contributed by atoms with van der Waals surface area (Å²) in [4.78, 5) is 4.38. The van der Waals surface area contributed by atoms with Crippen LogP contribution in [-0.4, -0.2) is 39.3 Å². The van der Waals surface area contributed by atoms with Crippen LogP contribution in [0, 0.1) is 0 Å². The molecule has 1 heterocycles. The highest BCUT2D eigenvalue weighted by Gasteiger charge is 2.22. The second-order valence-electron chi connectivity index (χ2n) is 5.39. The number of halogens is 1. The molecule has 0 atom stereocenters. The van der Waals surface area contributed by atoms with Gasteiger partial charge in [-0.3, -0.25) is 0 Å². The van der Waals surface area contributed by atoms with Gasteiger partial charge in [0.15, 0.2) is 5.96 Å². The summed E-state index contributed by atoms with van der Waals surface area (Å²) in [6, 6.07) is 3.66. The Hall–Kier alpha value is -0.810. The Bertz CT molecular complexity index is 556. The van der Waals surface area contributed by atoms with Crippen molar-refractivity contribution in [3.63, 3.8) is 0 Å². The first-order valence-electron chi connectivity index (χ1n) is 6.75. The maximum absolute atomic E-state index is 11.3. The Kier molecular flexibility index (Phi) is 9.01. The fraction of sp³-hybridized carbons (Fsp3) is 0.615. The van der Waals surface area contributed by atoms with Crippen LogP contribution in [0.25, 0.3) is 0 Å². The first-order valence-corrected chi connectivity index (χ1v) is 8.64. The summed E-state index contributed by atoms with van der Waals surface area (Å²) in [7, 11) is -3.26. The van der Waals surface area contributed by atoms with Crippen LogP contribution in [0.3, 0.4) is 0 Å². The van der Waals surface area contributed by atoms with E-state index in [1.54, 1.807) is 20.1 Å². The number of rotatable bonds is 7. The molecule has 0 aliphatic heterocycles. The van der Waals surface area contributed by atoms with Crippen LogP contribution in [0.2, 0.25) is 0 Å². The van der Waals surface area contributed by atoms with E-state index in [-0.39, 0.29) is 24.0 Å². The Morgan fingerprint density at radius 1 is 1.36 bits per heavy atom. The lowest BCUT2D eigenvalue weighted by atomic mass is 10.1. The molecule has 0 fully saturated rings. The zero-order chi connectivity index (χ0) is 15.9. The lowest BCUT2D eigenvalue weighted by Gasteiger charge is -2.26. The maximum Gasteiger partial charge on any atom is 0.209 e. The van der Waals surface area contributed by atoms with Crippen LogP contribution < -0.4 is 15.4 Å². The van der Waals surface area contributed by atoms with Gasteiger partial charge in [-0.15, -0.1) is 24.0 Å². The molecule has 22 heavy (non-hydrogen) atoms. The number of hydrogen-bond acceptors (Lipinski definition) is 4. The van der Waals surface area contributed by atoms with Gasteiger partial charge in [-0.05, 0) is 32.9 Å². The monoisotopic (exact) mass is 444 g/mol. The summed E-state index contributed by atoms with van der Waals surface area (Å²) in [6.07, 6.45) is 2.75. The maximum atomic E-state index is 11.3. The average Bonchev–Trinajstić information content (AvgIpc) is 2.83. The van der Waals surface area contributed by atoms with Gasteiger partial charge in [0.05, 0.1) is 12.5 Å². The Balaban J connectivity index is 0.00000441. The zero-order valence-electron chi connectivity index (χ0n) is 13.3. The first-order chi connectivity index (χ1) is 9.72.